The topological polar surface area (TPSA) is 107 Å². The van der Waals surface area contributed by atoms with Gasteiger partial charge in [0.15, 0.2) is 0 Å². The smallest absolute Gasteiger partial charge is 0.345 e. The first-order valence-corrected chi connectivity index (χ1v) is 8.45. The summed E-state index contributed by atoms with van der Waals surface area (Å²) in [6.45, 7) is 2.75. The Bertz CT molecular complexity index is 969. The molecular formula is C19H19N3O3. The standard InChI is InChI=1S/C13H6N2O3.C6H13N/c14-5-8-11-7-3-1-2-4-10(7)18-13(17)9(11)6-15-12(8)16;1-2-4-6-7-5-3-1/h1-4,6H,(H,15,16);7H,1-6H2. The molecule has 3 aromatic rings. The fourth-order valence-corrected chi connectivity index (χ4v) is 3.02. The summed E-state index contributed by atoms with van der Waals surface area (Å²) >= 11 is 0. The van der Waals surface area contributed by atoms with Gasteiger partial charge in [-0.1, -0.05) is 18.2 Å². The van der Waals surface area contributed by atoms with E-state index < -0.39 is 11.5 Å². The number of benzene rings is 1. The van der Waals surface area contributed by atoms with Gasteiger partial charge in [-0.3, -0.25) is 4.98 Å². The van der Waals surface area contributed by atoms with Crippen LogP contribution < -0.4 is 16.0 Å². The van der Waals surface area contributed by atoms with E-state index in [-0.39, 0.29) is 10.9 Å². The van der Waals surface area contributed by atoms with Crippen LogP contribution in [0.1, 0.15) is 31.2 Å². The molecule has 0 aliphatic carbocycles. The van der Waals surface area contributed by atoms with E-state index in [9.17, 15) is 9.90 Å². The van der Waals surface area contributed by atoms with Crippen molar-refractivity contribution in [3.8, 4) is 11.9 Å². The molecule has 0 atom stereocenters. The molecule has 0 bridgehead atoms. The second-order valence-electron chi connectivity index (χ2n) is 6.00. The van der Waals surface area contributed by atoms with E-state index in [0.29, 0.717) is 16.4 Å². The average molecular weight is 337 g/mol. The molecule has 3 heterocycles. The Morgan fingerprint density at radius 2 is 1.84 bits per heavy atom. The molecule has 1 fully saturated rings. The van der Waals surface area contributed by atoms with Crippen LogP contribution in [0.5, 0.6) is 5.88 Å². The van der Waals surface area contributed by atoms with E-state index in [0.717, 1.165) is 6.20 Å². The number of hydrogen-bond acceptors (Lipinski definition) is 5. The number of fused-ring (bicyclic) bond motifs is 3. The number of para-hydroxylation sites is 1. The zero-order chi connectivity index (χ0) is 17.6. The van der Waals surface area contributed by atoms with E-state index in [2.05, 4.69) is 10.3 Å². The lowest BCUT2D eigenvalue weighted by Gasteiger charge is -2.10. The molecule has 6 nitrogen and oxygen atoms in total. The number of aromatic nitrogens is 1. The number of nitriles is 1. The highest BCUT2D eigenvalue weighted by Crippen LogP contribution is 2.27. The highest BCUT2D eigenvalue weighted by molar-refractivity contribution is 6.07. The fraction of sp³-hybridized carbons (Fsp3) is 0.316. The maximum absolute atomic E-state index is 11.8. The zero-order valence-electron chi connectivity index (χ0n) is 13.8. The maximum atomic E-state index is 11.8. The lowest BCUT2D eigenvalue weighted by atomic mass is 10.1. The zero-order valence-corrected chi connectivity index (χ0v) is 13.8. The van der Waals surface area contributed by atoms with Crippen LogP contribution in [0.4, 0.5) is 0 Å². The molecule has 0 radical (unpaired) electrons. The molecule has 6 heteroatoms. The van der Waals surface area contributed by atoms with Gasteiger partial charge in [0.25, 0.3) is 0 Å². The van der Waals surface area contributed by atoms with Gasteiger partial charge in [0.05, 0.1) is 24.0 Å². The van der Waals surface area contributed by atoms with Crippen molar-refractivity contribution in [3.63, 3.8) is 0 Å². The van der Waals surface area contributed by atoms with Crippen LogP contribution in [0, 0.1) is 11.3 Å². The molecule has 1 aliphatic heterocycles. The monoisotopic (exact) mass is 337 g/mol. The van der Waals surface area contributed by atoms with Gasteiger partial charge in [0.2, 0.25) is 0 Å². The van der Waals surface area contributed by atoms with Crippen LogP contribution in [0.2, 0.25) is 0 Å². The maximum Gasteiger partial charge on any atom is 0.345 e. The third-order valence-corrected chi connectivity index (χ3v) is 4.30. The SMILES string of the molecule is C1CCC[NH2+]CC1.N#Cc1c([O-])ncc2c(=O)oc3ccccc3c12. The van der Waals surface area contributed by atoms with Gasteiger partial charge in [-0.2, -0.15) is 5.26 Å². The molecular weight excluding hydrogens is 318 g/mol. The molecule has 0 amide bonds. The molecule has 2 aromatic heterocycles. The molecule has 0 unspecified atom stereocenters. The minimum Gasteiger partial charge on any atom is -0.858 e. The Morgan fingerprint density at radius 3 is 2.56 bits per heavy atom. The summed E-state index contributed by atoms with van der Waals surface area (Å²) in [4.78, 5) is 15.3. The molecule has 2 N–H and O–H groups in total. The normalized spacial score (nSPS) is 14.4. The van der Waals surface area contributed by atoms with Crippen LogP contribution in [0.15, 0.2) is 39.7 Å². The number of nitrogens with two attached hydrogens (primary N) is 1. The van der Waals surface area contributed by atoms with Gasteiger partial charge in [0, 0.05) is 22.8 Å². The lowest BCUT2D eigenvalue weighted by molar-refractivity contribution is -0.653. The quantitative estimate of drug-likeness (QED) is 0.493. The minimum absolute atomic E-state index is 0.128. The predicted octanol–water partition coefficient (Wildman–Crippen LogP) is 1.41. The van der Waals surface area contributed by atoms with Crippen molar-refractivity contribution in [3.05, 3.63) is 46.4 Å². The van der Waals surface area contributed by atoms with Crippen LogP contribution >= 0.6 is 0 Å². The van der Waals surface area contributed by atoms with E-state index in [1.165, 1.54) is 38.8 Å². The molecule has 4 rings (SSSR count). The molecule has 0 spiro atoms. The van der Waals surface area contributed by atoms with E-state index in [1.54, 1.807) is 30.3 Å². The van der Waals surface area contributed by atoms with Crippen molar-refractivity contribution in [1.82, 2.24) is 4.98 Å². The fourth-order valence-electron chi connectivity index (χ4n) is 3.02. The van der Waals surface area contributed by atoms with Crippen LogP contribution in [0.3, 0.4) is 0 Å². The Morgan fingerprint density at radius 1 is 1.12 bits per heavy atom. The Balaban J connectivity index is 0.000000219. The molecule has 25 heavy (non-hydrogen) atoms. The third kappa shape index (κ3) is 3.62. The highest BCUT2D eigenvalue weighted by Gasteiger charge is 2.12. The number of hydrogen-bond donors (Lipinski definition) is 1. The van der Waals surface area contributed by atoms with Gasteiger partial charge in [0.1, 0.15) is 11.7 Å². The highest BCUT2D eigenvalue weighted by atomic mass is 16.4. The Kier molecular flexibility index (Phi) is 5.26. The predicted molar refractivity (Wildman–Crippen MR) is 92.1 cm³/mol. The summed E-state index contributed by atoms with van der Waals surface area (Å²) < 4.78 is 5.11. The molecule has 1 aliphatic rings. The molecule has 128 valence electrons. The van der Waals surface area contributed by atoms with Gasteiger partial charge in [-0.05, 0) is 31.7 Å². The summed E-state index contributed by atoms with van der Waals surface area (Å²) in [5.74, 6) is -0.638. The Hall–Kier alpha value is -2.91. The van der Waals surface area contributed by atoms with Crippen molar-refractivity contribution in [2.45, 2.75) is 25.7 Å². The van der Waals surface area contributed by atoms with Crippen molar-refractivity contribution >= 4 is 21.7 Å². The average Bonchev–Trinajstić information content (AvgIpc) is 2.95. The summed E-state index contributed by atoms with van der Waals surface area (Å²) in [6, 6.07) is 8.57. The van der Waals surface area contributed by atoms with E-state index >= 15 is 0 Å². The van der Waals surface area contributed by atoms with E-state index in [4.69, 9.17) is 9.68 Å². The number of nitrogens with zero attached hydrogens (tertiary/aromatic N) is 2. The number of quaternary nitrogens is 1. The second-order valence-corrected chi connectivity index (χ2v) is 6.00. The first kappa shape index (κ1) is 16.9. The number of pyridine rings is 1. The van der Waals surface area contributed by atoms with Gasteiger partial charge in [-0.25, -0.2) is 4.79 Å². The minimum atomic E-state index is -0.638. The lowest BCUT2D eigenvalue weighted by Crippen LogP contribution is -2.83. The van der Waals surface area contributed by atoms with Crippen molar-refractivity contribution in [2.24, 2.45) is 0 Å². The van der Waals surface area contributed by atoms with Crippen molar-refractivity contribution in [2.75, 3.05) is 13.1 Å². The van der Waals surface area contributed by atoms with E-state index in [1.807, 2.05) is 0 Å². The molecule has 1 aromatic carbocycles. The largest absolute Gasteiger partial charge is 0.858 e. The third-order valence-electron chi connectivity index (χ3n) is 4.30. The molecule has 0 saturated carbocycles. The first-order chi connectivity index (χ1) is 12.2. The Labute approximate surface area is 144 Å². The van der Waals surface area contributed by atoms with Gasteiger partial charge in [-0.15, -0.1) is 0 Å². The summed E-state index contributed by atoms with van der Waals surface area (Å²) in [6.07, 6.45) is 6.98. The van der Waals surface area contributed by atoms with Crippen LogP contribution in [-0.2, 0) is 0 Å². The van der Waals surface area contributed by atoms with Crippen molar-refractivity contribution < 1.29 is 14.8 Å². The van der Waals surface area contributed by atoms with Gasteiger partial charge >= 0.3 is 5.63 Å². The van der Waals surface area contributed by atoms with Crippen LogP contribution in [0.25, 0.3) is 21.7 Å². The van der Waals surface area contributed by atoms with Gasteiger partial charge < -0.3 is 14.8 Å². The molecule has 1 saturated heterocycles. The summed E-state index contributed by atoms with van der Waals surface area (Å²) in [5, 5.41) is 24.0. The first-order valence-electron chi connectivity index (χ1n) is 8.45. The van der Waals surface area contributed by atoms with Crippen LogP contribution in [-0.4, -0.2) is 18.1 Å². The summed E-state index contributed by atoms with van der Waals surface area (Å²) in [5.41, 5.74) is -0.388. The summed E-state index contributed by atoms with van der Waals surface area (Å²) in [7, 11) is 0. The van der Waals surface area contributed by atoms with Crippen molar-refractivity contribution in [1.29, 1.82) is 5.26 Å². The number of rotatable bonds is 0. The second kappa shape index (κ2) is 7.77.